The van der Waals surface area contributed by atoms with Gasteiger partial charge in [0.15, 0.2) is 0 Å². The van der Waals surface area contributed by atoms with Crippen molar-refractivity contribution in [3.05, 3.63) is 53.7 Å². The molecule has 25 heavy (non-hydrogen) atoms. The van der Waals surface area contributed by atoms with Crippen LogP contribution >= 0.6 is 0 Å². The number of fused-ring (bicyclic) bond motifs is 1. The fourth-order valence-electron chi connectivity index (χ4n) is 2.60. The summed E-state index contributed by atoms with van der Waals surface area (Å²) in [7, 11) is 0. The molecule has 2 N–H and O–H groups in total. The van der Waals surface area contributed by atoms with Crippen molar-refractivity contribution >= 4 is 6.03 Å². The molecule has 6 nitrogen and oxygen atoms in total. The maximum absolute atomic E-state index is 12.2. The second-order valence-electron chi connectivity index (χ2n) is 5.44. The largest absolute Gasteiger partial charge is 0.493 e. The Hall–Kier alpha value is -2.90. The van der Waals surface area contributed by atoms with Crippen LogP contribution in [0.2, 0.25) is 0 Å². The molecule has 8 heteroatoms. The van der Waals surface area contributed by atoms with Crippen molar-refractivity contribution in [3.8, 4) is 11.6 Å². The topological polar surface area (TPSA) is 72.5 Å². The molecule has 3 rings (SSSR count). The number of pyridine rings is 1. The quantitative estimate of drug-likeness (QED) is 0.863. The number of hydrogen-bond acceptors (Lipinski definition) is 4. The number of aromatic nitrogens is 1. The molecular weight excluding hydrogens is 332 g/mol. The molecule has 1 aromatic heterocycles. The highest BCUT2D eigenvalue weighted by Gasteiger charge is 2.22. The molecule has 0 radical (unpaired) electrons. The van der Waals surface area contributed by atoms with Gasteiger partial charge < -0.3 is 20.1 Å². The van der Waals surface area contributed by atoms with E-state index in [2.05, 4.69) is 20.4 Å². The van der Waals surface area contributed by atoms with E-state index < -0.39 is 6.61 Å². The minimum atomic E-state index is -2.94. The number of halogens is 2. The molecule has 0 unspecified atom stereocenters. The minimum Gasteiger partial charge on any atom is -0.493 e. The summed E-state index contributed by atoms with van der Waals surface area (Å²) in [5, 5.41) is 5.59. The van der Waals surface area contributed by atoms with E-state index in [0.29, 0.717) is 18.6 Å². The van der Waals surface area contributed by atoms with Gasteiger partial charge in [-0.2, -0.15) is 8.78 Å². The van der Waals surface area contributed by atoms with Gasteiger partial charge in [0.05, 0.1) is 12.6 Å². The molecule has 0 saturated carbocycles. The summed E-state index contributed by atoms with van der Waals surface area (Å²) in [5.41, 5.74) is 1.54. The molecule has 1 aromatic carbocycles. The summed E-state index contributed by atoms with van der Waals surface area (Å²) in [6.45, 7) is -2.24. The highest BCUT2D eigenvalue weighted by molar-refractivity contribution is 5.74. The molecule has 136 valence electrons. The number of hydrogen-bond donors (Lipinski definition) is 2. The number of benzene rings is 1. The zero-order valence-electron chi connectivity index (χ0n) is 13.2. The summed E-state index contributed by atoms with van der Waals surface area (Å²) in [4.78, 5) is 15.8. The van der Waals surface area contributed by atoms with E-state index in [-0.39, 0.29) is 27.4 Å². The van der Waals surface area contributed by atoms with Crippen LogP contribution in [0.5, 0.6) is 11.6 Å². The predicted molar refractivity (Wildman–Crippen MR) is 89.8 cm³/mol. The summed E-state index contributed by atoms with van der Waals surface area (Å²) >= 11 is 0. The number of para-hydroxylation sites is 1. The second-order valence-corrected chi connectivity index (χ2v) is 5.44. The third-order valence-electron chi connectivity index (χ3n) is 3.73. The van der Waals surface area contributed by atoms with Crippen LogP contribution in [-0.2, 0) is 6.54 Å². The molecule has 2 aromatic rings. The van der Waals surface area contributed by atoms with Crippen LogP contribution in [0.4, 0.5) is 13.6 Å². The molecular formula is C17H21F2N3O3. The third kappa shape index (κ3) is 4.56. The Morgan fingerprint density at radius 3 is 3.08 bits per heavy atom. The second kappa shape index (κ2) is 7.78. The van der Waals surface area contributed by atoms with Crippen LogP contribution in [-0.4, -0.2) is 24.2 Å². The number of ether oxygens (including phenoxy) is 2. The first-order valence-corrected chi connectivity index (χ1v) is 7.77. The summed E-state index contributed by atoms with van der Waals surface area (Å²) < 4.78 is 34.2. The van der Waals surface area contributed by atoms with E-state index >= 15 is 0 Å². The number of amides is 2. The molecule has 0 spiro atoms. The van der Waals surface area contributed by atoms with Crippen molar-refractivity contribution in [3.63, 3.8) is 0 Å². The SMILES string of the molecule is O=C(NCc1ccnc(OC(F)F)c1)N[C@@H]1CCOc2ccccc21.[HH].[HH]. The number of carbonyl (C=O) groups excluding carboxylic acids is 1. The Morgan fingerprint density at radius 2 is 2.24 bits per heavy atom. The first-order valence-electron chi connectivity index (χ1n) is 7.77. The van der Waals surface area contributed by atoms with E-state index in [9.17, 15) is 13.6 Å². The van der Waals surface area contributed by atoms with Gasteiger partial charge in [-0.1, -0.05) is 18.2 Å². The normalized spacial score (nSPS) is 15.9. The highest BCUT2D eigenvalue weighted by atomic mass is 19.3. The van der Waals surface area contributed by atoms with E-state index in [0.717, 1.165) is 11.3 Å². The Labute approximate surface area is 146 Å². The fourth-order valence-corrected chi connectivity index (χ4v) is 2.60. The summed E-state index contributed by atoms with van der Waals surface area (Å²) in [6.07, 6.45) is 2.02. The average Bonchev–Trinajstić information content (AvgIpc) is 2.60. The van der Waals surface area contributed by atoms with Crippen molar-refractivity contribution < 1.29 is 25.9 Å². The molecule has 1 aliphatic rings. The third-order valence-corrected chi connectivity index (χ3v) is 3.73. The van der Waals surface area contributed by atoms with Crippen LogP contribution in [0.3, 0.4) is 0 Å². The molecule has 0 saturated heterocycles. The van der Waals surface area contributed by atoms with Crippen molar-refractivity contribution in [2.24, 2.45) is 0 Å². The standard InChI is InChI=1S/C17H17F2N3O3.2H2/c18-16(19)25-15-9-11(5-7-20-15)10-21-17(23)22-13-6-8-24-14-4-2-1-3-12(13)14;;/h1-5,7,9,13,16H,6,8,10H2,(H2,21,22,23);2*1H/t13-;;/m1../s1. The first-order chi connectivity index (χ1) is 12.1. The molecule has 2 heterocycles. The Balaban J connectivity index is 0.00000182. The predicted octanol–water partition coefficient (Wildman–Crippen LogP) is 3.50. The Kier molecular flexibility index (Phi) is 5.27. The number of nitrogens with zero attached hydrogens (tertiary/aromatic N) is 1. The van der Waals surface area contributed by atoms with E-state index in [1.54, 1.807) is 6.07 Å². The van der Waals surface area contributed by atoms with Gasteiger partial charge in [0, 0.05) is 33.6 Å². The fraction of sp³-hybridized carbons (Fsp3) is 0.294. The number of carbonyl (C=O) groups is 1. The zero-order valence-corrected chi connectivity index (χ0v) is 13.2. The van der Waals surface area contributed by atoms with Crippen molar-refractivity contribution in [2.45, 2.75) is 25.6 Å². The van der Waals surface area contributed by atoms with Crippen molar-refractivity contribution in [1.29, 1.82) is 0 Å². The lowest BCUT2D eigenvalue weighted by Gasteiger charge is -2.26. The van der Waals surface area contributed by atoms with Crippen LogP contribution in [0.25, 0.3) is 0 Å². The maximum atomic E-state index is 12.2. The van der Waals surface area contributed by atoms with Gasteiger partial charge in [-0.25, -0.2) is 9.78 Å². The van der Waals surface area contributed by atoms with Gasteiger partial charge >= 0.3 is 12.6 Å². The van der Waals surface area contributed by atoms with Crippen LogP contribution < -0.4 is 20.1 Å². The number of rotatable bonds is 5. The molecule has 0 bridgehead atoms. The van der Waals surface area contributed by atoms with Crippen LogP contribution in [0.15, 0.2) is 42.6 Å². The highest BCUT2D eigenvalue weighted by Crippen LogP contribution is 2.31. The van der Waals surface area contributed by atoms with Crippen LogP contribution in [0, 0.1) is 0 Å². The van der Waals surface area contributed by atoms with E-state index in [1.165, 1.54) is 12.3 Å². The lowest BCUT2D eigenvalue weighted by Crippen LogP contribution is -2.39. The monoisotopic (exact) mass is 353 g/mol. The van der Waals surface area contributed by atoms with Crippen LogP contribution in [0.1, 0.15) is 26.4 Å². The molecule has 0 fully saturated rings. The number of alkyl halides is 2. The lowest BCUT2D eigenvalue weighted by atomic mass is 10.0. The smallest absolute Gasteiger partial charge is 0.388 e. The van der Waals surface area contributed by atoms with Gasteiger partial charge in [-0.15, -0.1) is 0 Å². The van der Waals surface area contributed by atoms with E-state index in [1.807, 2.05) is 24.3 Å². The Morgan fingerprint density at radius 1 is 1.40 bits per heavy atom. The number of urea groups is 1. The average molecular weight is 353 g/mol. The van der Waals surface area contributed by atoms with Gasteiger partial charge in [0.1, 0.15) is 5.75 Å². The maximum Gasteiger partial charge on any atom is 0.388 e. The van der Waals surface area contributed by atoms with Crippen molar-refractivity contribution in [2.75, 3.05) is 6.61 Å². The van der Waals surface area contributed by atoms with Gasteiger partial charge in [-0.05, 0) is 17.7 Å². The summed E-state index contributed by atoms with van der Waals surface area (Å²) in [6, 6.07) is 10.0. The minimum absolute atomic E-state index is 0. The molecule has 2 amide bonds. The summed E-state index contributed by atoms with van der Waals surface area (Å²) in [5.74, 6) is 0.579. The van der Waals surface area contributed by atoms with Gasteiger partial charge in [0.2, 0.25) is 5.88 Å². The van der Waals surface area contributed by atoms with Gasteiger partial charge in [-0.3, -0.25) is 0 Å². The molecule has 1 atom stereocenters. The lowest BCUT2D eigenvalue weighted by molar-refractivity contribution is -0.0529. The van der Waals surface area contributed by atoms with Gasteiger partial charge in [0.25, 0.3) is 0 Å². The van der Waals surface area contributed by atoms with E-state index in [4.69, 9.17) is 4.74 Å². The number of nitrogens with one attached hydrogen (secondary N) is 2. The molecule has 1 aliphatic heterocycles. The van der Waals surface area contributed by atoms with Crippen molar-refractivity contribution in [1.82, 2.24) is 15.6 Å². The first kappa shape index (κ1) is 16.9. The molecule has 0 aliphatic carbocycles. The Bertz CT molecular complexity index is 753. The zero-order chi connectivity index (χ0) is 17.6.